The zero-order valence-corrected chi connectivity index (χ0v) is 12.7. The number of nitrogens with zero attached hydrogens (tertiary/aromatic N) is 1. The molecule has 1 aromatic rings. The fraction of sp³-hybridized carbons (Fsp3) is 0.500. The molecule has 2 amide bonds. The number of amides is 2. The third-order valence-corrected chi connectivity index (χ3v) is 3.53. The van der Waals surface area contributed by atoms with Gasteiger partial charge in [-0.05, 0) is 50.6 Å². The van der Waals surface area contributed by atoms with Gasteiger partial charge in [0.2, 0.25) is 5.91 Å². The van der Waals surface area contributed by atoms with Gasteiger partial charge in [0.25, 0.3) is 5.91 Å². The van der Waals surface area contributed by atoms with E-state index >= 15 is 0 Å². The van der Waals surface area contributed by atoms with Crippen molar-refractivity contribution >= 4 is 17.5 Å². The average Bonchev–Trinajstić information content (AvgIpc) is 3.30. The van der Waals surface area contributed by atoms with Gasteiger partial charge in [0, 0.05) is 23.8 Å². The highest BCUT2D eigenvalue weighted by atomic mass is 16.2. The Balaban J connectivity index is 1.83. The fourth-order valence-electron chi connectivity index (χ4n) is 2.12. The van der Waals surface area contributed by atoms with Gasteiger partial charge in [0.15, 0.2) is 0 Å². The second-order valence-electron chi connectivity index (χ2n) is 5.53. The Morgan fingerprint density at radius 2 is 1.90 bits per heavy atom. The predicted octanol–water partition coefficient (Wildman–Crippen LogP) is 1.86. The lowest BCUT2D eigenvalue weighted by molar-refractivity contribution is -0.117. The molecule has 0 bridgehead atoms. The van der Waals surface area contributed by atoms with Crippen molar-refractivity contribution in [2.24, 2.45) is 0 Å². The van der Waals surface area contributed by atoms with E-state index in [4.69, 9.17) is 0 Å². The zero-order chi connectivity index (χ0) is 15.2. The Kier molecular flexibility index (Phi) is 5.33. The van der Waals surface area contributed by atoms with E-state index in [0.717, 1.165) is 12.1 Å². The van der Waals surface area contributed by atoms with E-state index in [-0.39, 0.29) is 11.8 Å². The smallest absolute Gasteiger partial charge is 0.251 e. The molecule has 0 heterocycles. The van der Waals surface area contributed by atoms with E-state index in [0.29, 0.717) is 24.7 Å². The predicted molar refractivity (Wildman–Crippen MR) is 83.3 cm³/mol. The van der Waals surface area contributed by atoms with E-state index in [2.05, 4.69) is 15.5 Å². The first kappa shape index (κ1) is 15.5. The summed E-state index contributed by atoms with van der Waals surface area (Å²) in [5.41, 5.74) is 1.33. The third kappa shape index (κ3) is 4.86. The summed E-state index contributed by atoms with van der Waals surface area (Å²) in [6, 6.07) is 7.54. The molecule has 1 aliphatic rings. The molecule has 1 saturated carbocycles. The molecule has 0 saturated heterocycles. The minimum atomic E-state index is -0.0804. The number of carbonyl (C=O) groups excluding carboxylic acids is 2. The molecule has 5 heteroatoms. The summed E-state index contributed by atoms with van der Waals surface area (Å²) in [5, 5.41) is 5.67. The van der Waals surface area contributed by atoms with Crippen molar-refractivity contribution in [1.29, 1.82) is 0 Å². The van der Waals surface area contributed by atoms with Crippen LogP contribution in [0.3, 0.4) is 0 Å². The van der Waals surface area contributed by atoms with Crippen LogP contribution in [-0.4, -0.2) is 42.9 Å². The van der Waals surface area contributed by atoms with Crippen LogP contribution in [-0.2, 0) is 4.79 Å². The Hall–Kier alpha value is -1.88. The maximum atomic E-state index is 11.9. The highest BCUT2D eigenvalue weighted by Crippen LogP contribution is 2.24. The second kappa shape index (κ2) is 7.22. The van der Waals surface area contributed by atoms with Gasteiger partial charge >= 0.3 is 0 Å². The van der Waals surface area contributed by atoms with Gasteiger partial charge < -0.3 is 10.6 Å². The molecule has 2 rings (SSSR count). The first-order valence-corrected chi connectivity index (χ1v) is 7.48. The zero-order valence-electron chi connectivity index (χ0n) is 12.7. The summed E-state index contributed by atoms with van der Waals surface area (Å²) < 4.78 is 0. The van der Waals surface area contributed by atoms with Crippen LogP contribution >= 0.6 is 0 Å². The van der Waals surface area contributed by atoms with Crippen LogP contribution in [0.5, 0.6) is 0 Å². The minimum Gasteiger partial charge on any atom is -0.352 e. The maximum Gasteiger partial charge on any atom is 0.251 e. The molecule has 0 aliphatic heterocycles. The van der Waals surface area contributed by atoms with Crippen molar-refractivity contribution in [3.05, 3.63) is 29.8 Å². The normalized spacial score (nSPS) is 14.0. The molecule has 5 nitrogen and oxygen atoms in total. The highest BCUT2D eigenvalue weighted by Gasteiger charge is 2.27. The average molecular weight is 289 g/mol. The van der Waals surface area contributed by atoms with Crippen LogP contribution in [0.2, 0.25) is 0 Å². The van der Waals surface area contributed by atoms with Crippen LogP contribution in [0.25, 0.3) is 0 Å². The Bertz CT molecular complexity index is 495. The molecule has 2 N–H and O–H groups in total. The lowest BCUT2D eigenvalue weighted by atomic mass is 10.2. The molecular formula is C16H23N3O2. The number of hydrogen-bond donors (Lipinski definition) is 2. The van der Waals surface area contributed by atoms with Crippen LogP contribution in [0.4, 0.5) is 5.69 Å². The number of likely N-dealkylation sites (N-methyl/N-ethyl adjacent to an activating group) is 1. The van der Waals surface area contributed by atoms with Gasteiger partial charge in [-0.25, -0.2) is 0 Å². The SMILES string of the molecule is CCCNC(=O)c1ccc(NC(=O)CN(C)C2CC2)cc1. The largest absolute Gasteiger partial charge is 0.352 e. The number of carbonyl (C=O) groups is 2. The first-order valence-electron chi connectivity index (χ1n) is 7.48. The Morgan fingerprint density at radius 3 is 2.48 bits per heavy atom. The quantitative estimate of drug-likeness (QED) is 0.805. The van der Waals surface area contributed by atoms with Gasteiger partial charge in [0.1, 0.15) is 0 Å². The Morgan fingerprint density at radius 1 is 1.24 bits per heavy atom. The Labute approximate surface area is 125 Å². The summed E-state index contributed by atoms with van der Waals surface area (Å²) in [7, 11) is 1.97. The van der Waals surface area contributed by atoms with Crippen LogP contribution < -0.4 is 10.6 Å². The number of hydrogen-bond acceptors (Lipinski definition) is 3. The molecule has 0 radical (unpaired) electrons. The highest BCUT2D eigenvalue weighted by molar-refractivity contribution is 5.96. The molecular weight excluding hydrogens is 266 g/mol. The van der Waals surface area contributed by atoms with Crippen molar-refractivity contribution in [3.63, 3.8) is 0 Å². The van der Waals surface area contributed by atoms with Gasteiger partial charge in [-0.1, -0.05) is 6.92 Å². The molecule has 1 aromatic carbocycles. The van der Waals surface area contributed by atoms with Crippen LogP contribution in [0, 0.1) is 0 Å². The third-order valence-electron chi connectivity index (χ3n) is 3.53. The molecule has 1 aliphatic carbocycles. The summed E-state index contributed by atoms with van der Waals surface area (Å²) in [5.74, 6) is -0.101. The lowest BCUT2D eigenvalue weighted by Crippen LogP contribution is -2.31. The number of anilines is 1. The minimum absolute atomic E-state index is 0.0208. The van der Waals surface area contributed by atoms with E-state index in [9.17, 15) is 9.59 Å². The topological polar surface area (TPSA) is 61.4 Å². The van der Waals surface area contributed by atoms with Gasteiger partial charge in [-0.3, -0.25) is 14.5 Å². The molecule has 21 heavy (non-hydrogen) atoms. The van der Waals surface area contributed by atoms with Gasteiger partial charge in [0.05, 0.1) is 6.54 Å². The summed E-state index contributed by atoms with van der Waals surface area (Å²) in [4.78, 5) is 25.7. The van der Waals surface area contributed by atoms with Crippen molar-refractivity contribution < 1.29 is 9.59 Å². The molecule has 0 atom stereocenters. The number of rotatable bonds is 7. The molecule has 0 aromatic heterocycles. The van der Waals surface area contributed by atoms with Crippen molar-refractivity contribution in [2.45, 2.75) is 32.2 Å². The maximum absolute atomic E-state index is 11.9. The summed E-state index contributed by atoms with van der Waals surface area (Å²) >= 11 is 0. The van der Waals surface area contributed by atoms with Crippen molar-refractivity contribution in [1.82, 2.24) is 10.2 Å². The molecule has 1 fully saturated rings. The van der Waals surface area contributed by atoms with E-state index in [1.807, 2.05) is 14.0 Å². The lowest BCUT2D eigenvalue weighted by Gasteiger charge is -2.15. The second-order valence-corrected chi connectivity index (χ2v) is 5.53. The number of benzene rings is 1. The molecule has 114 valence electrons. The molecule has 0 unspecified atom stereocenters. The van der Waals surface area contributed by atoms with Crippen LogP contribution in [0.1, 0.15) is 36.5 Å². The van der Waals surface area contributed by atoms with E-state index < -0.39 is 0 Å². The van der Waals surface area contributed by atoms with Crippen LogP contribution in [0.15, 0.2) is 24.3 Å². The monoisotopic (exact) mass is 289 g/mol. The van der Waals surface area contributed by atoms with E-state index in [1.165, 1.54) is 12.8 Å². The van der Waals surface area contributed by atoms with Crippen molar-refractivity contribution in [3.8, 4) is 0 Å². The standard InChI is InChI=1S/C16H23N3O2/c1-3-10-17-16(21)12-4-6-13(7-5-12)18-15(20)11-19(2)14-8-9-14/h4-7,14H,3,8-11H2,1-2H3,(H,17,21)(H,18,20). The first-order chi connectivity index (χ1) is 10.1. The van der Waals surface area contributed by atoms with Crippen molar-refractivity contribution in [2.75, 3.05) is 25.5 Å². The van der Waals surface area contributed by atoms with Gasteiger partial charge in [-0.2, -0.15) is 0 Å². The molecule has 0 spiro atoms. The summed E-state index contributed by atoms with van der Waals surface area (Å²) in [6.45, 7) is 3.09. The summed E-state index contributed by atoms with van der Waals surface area (Å²) in [6.07, 6.45) is 3.28. The fourth-order valence-corrected chi connectivity index (χ4v) is 2.12. The number of nitrogens with one attached hydrogen (secondary N) is 2. The van der Waals surface area contributed by atoms with Gasteiger partial charge in [-0.15, -0.1) is 0 Å². The van der Waals surface area contributed by atoms with E-state index in [1.54, 1.807) is 24.3 Å².